The van der Waals surface area contributed by atoms with Crippen LogP contribution in [-0.4, -0.2) is 41.2 Å². The smallest absolute Gasteiger partial charge is 0.323 e. The van der Waals surface area contributed by atoms with E-state index in [0.29, 0.717) is 5.16 Å². The summed E-state index contributed by atoms with van der Waals surface area (Å²) in [6, 6.07) is 3.03. The number of amides is 1. The molecule has 1 N–H and O–H groups in total. The Balaban J connectivity index is 1.78. The van der Waals surface area contributed by atoms with Gasteiger partial charge in [-0.05, 0) is 18.2 Å². The molecule has 0 spiro atoms. The predicted octanol–water partition coefficient (Wildman–Crippen LogP) is 3.27. The van der Waals surface area contributed by atoms with E-state index in [1.165, 1.54) is 23.4 Å². The summed E-state index contributed by atoms with van der Waals surface area (Å²) < 4.78 is 42.3. The molecule has 154 valence electrons. The Morgan fingerprint density at radius 3 is 2.62 bits per heavy atom. The van der Waals surface area contributed by atoms with Gasteiger partial charge in [-0.25, -0.2) is 9.67 Å². The molecule has 0 fully saturated rings. The van der Waals surface area contributed by atoms with E-state index in [1.54, 1.807) is 11.6 Å². The highest BCUT2D eigenvalue weighted by molar-refractivity contribution is 7.99. The van der Waals surface area contributed by atoms with Gasteiger partial charge in [0.15, 0.2) is 5.16 Å². The number of nitrogens with one attached hydrogen (secondary N) is 1. The fourth-order valence-electron chi connectivity index (χ4n) is 2.62. The molecular formula is C17H18F3N7OS. The molecule has 3 rings (SSSR count). The van der Waals surface area contributed by atoms with Gasteiger partial charge in [0.2, 0.25) is 5.91 Å². The normalized spacial score (nSPS) is 11.8. The maximum absolute atomic E-state index is 13.1. The summed E-state index contributed by atoms with van der Waals surface area (Å²) in [5.74, 6) is 0.423. The Kier molecular flexibility index (Phi) is 5.91. The lowest BCUT2D eigenvalue weighted by Crippen LogP contribution is -2.17. The van der Waals surface area contributed by atoms with Crippen molar-refractivity contribution in [2.75, 3.05) is 11.1 Å². The first kappa shape index (κ1) is 20.8. The molecular weight excluding hydrogens is 407 g/mol. The molecule has 12 heteroatoms. The second kappa shape index (κ2) is 8.23. The van der Waals surface area contributed by atoms with Crippen LogP contribution in [0.3, 0.4) is 0 Å². The third-order valence-corrected chi connectivity index (χ3v) is 5.00. The molecule has 2 heterocycles. The Bertz CT molecular complexity index is 999. The standard InChI is InChI=1S/C17H18F3N7OS/c1-10(2)15-24-25-16(26(15)3)29-7-14(28)23-12-6-11(17(18,19)20)4-5-13(12)27-9-21-8-22-27/h4-6,8-10H,7H2,1-3H3,(H,23,28). The number of halogens is 3. The highest BCUT2D eigenvalue weighted by Gasteiger charge is 2.31. The van der Waals surface area contributed by atoms with E-state index in [1.807, 2.05) is 13.8 Å². The van der Waals surface area contributed by atoms with Crippen molar-refractivity contribution in [1.82, 2.24) is 29.5 Å². The zero-order chi connectivity index (χ0) is 21.2. The zero-order valence-electron chi connectivity index (χ0n) is 15.8. The summed E-state index contributed by atoms with van der Waals surface area (Å²) in [7, 11) is 1.80. The number of carbonyl (C=O) groups excluding carboxylic acids is 1. The number of aromatic nitrogens is 6. The third-order valence-electron chi connectivity index (χ3n) is 3.98. The molecule has 0 bridgehead atoms. The third kappa shape index (κ3) is 4.75. The number of benzene rings is 1. The van der Waals surface area contributed by atoms with E-state index >= 15 is 0 Å². The predicted molar refractivity (Wildman–Crippen MR) is 101 cm³/mol. The number of carbonyl (C=O) groups is 1. The minimum Gasteiger partial charge on any atom is -0.323 e. The Labute approximate surface area is 168 Å². The fraction of sp³-hybridized carbons (Fsp3) is 0.353. The van der Waals surface area contributed by atoms with Gasteiger partial charge in [-0.15, -0.1) is 10.2 Å². The van der Waals surface area contributed by atoms with Crippen LogP contribution in [0.1, 0.15) is 31.2 Å². The number of nitrogens with zero attached hydrogens (tertiary/aromatic N) is 6. The number of alkyl halides is 3. The van der Waals surface area contributed by atoms with Crippen LogP contribution in [0.15, 0.2) is 36.0 Å². The van der Waals surface area contributed by atoms with Gasteiger partial charge >= 0.3 is 6.18 Å². The van der Waals surface area contributed by atoms with Gasteiger partial charge in [-0.1, -0.05) is 25.6 Å². The van der Waals surface area contributed by atoms with E-state index in [-0.39, 0.29) is 23.0 Å². The molecule has 0 unspecified atom stereocenters. The van der Waals surface area contributed by atoms with E-state index in [0.717, 1.165) is 29.7 Å². The number of hydrogen-bond donors (Lipinski definition) is 1. The highest BCUT2D eigenvalue weighted by atomic mass is 32.2. The fourth-order valence-corrected chi connectivity index (χ4v) is 3.33. The van der Waals surface area contributed by atoms with Gasteiger partial charge in [-0.2, -0.15) is 18.3 Å². The average Bonchev–Trinajstić information content (AvgIpc) is 3.29. The lowest BCUT2D eigenvalue weighted by atomic mass is 10.1. The average molecular weight is 425 g/mol. The Hall–Kier alpha value is -2.89. The van der Waals surface area contributed by atoms with Crippen LogP contribution in [0.2, 0.25) is 0 Å². The quantitative estimate of drug-likeness (QED) is 0.610. The zero-order valence-corrected chi connectivity index (χ0v) is 16.6. The van der Waals surface area contributed by atoms with Crippen molar-refractivity contribution < 1.29 is 18.0 Å². The van der Waals surface area contributed by atoms with Crippen molar-refractivity contribution >= 4 is 23.4 Å². The van der Waals surface area contributed by atoms with Crippen LogP contribution in [0, 0.1) is 0 Å². The van der Waals surface area contributed by atoms with Gasteiger partial charge in [0.25, 0.3) is 0 Å². The van der Waals surface area contributed by atoms with Crippen LogP contribution in [-0.2, 0) is 18.0 Å². The van der Waals surface area contributed by atoms with Crippen LogP contribution in [0.25, 0.3) is 5.69 Å². The minimum atomic E-state index is -4.54. The Morgan fingerprint density at radius 1 is 1.28 bits per heavy atom. The number of thioether (sulfide) groups is 1. The van der Waals surface area contributed by atoms with Crippen LogP contribution >= 0.6 is 11.8 Å². The second-order valence-corrected chi connectivity index (χ2v) is 7.40. The molecule has 0 aliphatic rings. The molecule has 1 aromatic carbocycles. The van der Waals surface area contributed by atoms with Crippen molar-refractivity contribution in [3.63, 3.8) is 0 Å². The first-order valence-electron chi connectivity index (χ1n) is 8.55. The van der Waals surface area contributed by atoms with Gasteiger partial charge in [-0.3, -0.25) is 4.79 Å². The summed E-state index contributed by atoms with van der Waals surface area (Å²) >= 11 is 1.15. The van der Waals surface area contributed by atoms with E-state index in [4.69, 9.17) is 0 Å². The summed E-state index contributed by atoms with van der Waals surface area (Å²) in [6.07, 6.45) is -1.96. The van der Waals surface area contributed by atoms with Crippen molar-refractivity contribution in [1.29, 1.82) is 0 Å². The maximum atomic E-state index is 13.1. The SMILES string of the molecule is CC(C)c1nnc(SCC(=O)Nc2cc(C(F)(F)F)ccc2-n2cncn2)n1C. The molecule has 0 radical (unpaired) electrons. The van der Waals surface area contributed by atoms with Gasteiger partial charge in [0, 0.05) is 13.0 Å². The van der Waals surface area contributed by atoms with Gasteiger partial charge < -0.3 is 9.88 Å². The van der Waals surface area contributed by atoms with Crippen LogP contribution < -0.4 is 5.32 Å². The number of hydrogen-bond acceptors (Lipinski definition) is 6. The van der Waals surface area contributed by atoms with Gasteiger partial charge in [0.05, 0.1) is 22.7 Å². The topological polar surface area (TPSA) is 90.5 Å². The van der Waals surface area contributed by atoms with Crippen molar-refractivity contribution in [3.8, 4) is 5.69 Å². The molecule has 2 aromatic heterocycles. The lowest BCUT2D eigenvalue weighted by Gasteiger charge is -2.14. The van der Waals surface area contributed by atoms with E-state index < -0.39 is 17.6 Å². The molecule has 1 amide bonds. The molecule has 0 atom stereocenters. The second-order valence-electron chi connectivity index (χ2n) is 6.46. The molecule has 8 nitrogen and oxygen atoms in total. The summed E-state index contributed by atoms with van der Waals surface area (Å²) in [5, 5.41) is 15.1. The van der Waals surface area contributed by atoms with E-state index in [2.05, 4.69) is 25.6 Å². The molecule has 0 aliphatic heterocycles. The lowest BCUT2D eigenvalue weighted by molar-refractivity contribution is -0.137. The van der Waals surface area contributed by atoms with Gasteiger partial charge in [0.1, 0.15) is 18.5 Å². The maximum Gasteiger partial charge on any atom is 0.416 e. The number of anilines is 1. The molecule has 29 heavy (non-hydrogen) atoms. The molecule has 0 aliphatic carbocycles. The molecule has 0 saturated heterocycles. The molecule has 3 aromatic rings. The van der Waals surface area contributed by atoms with Crippen LogP contribution in [0.4, 0.5) is 18.9 Å². The van der Waals surface area contributed by atoms with Crippen molar-refractivity contribution in [2.24, 2.45) is 7.05 Å². The first-order chi connectivity index (χ1) is 13.7. The van der Waals surface area contributed by atoms with E-state index in [9.17, 15) is 18.0 Å². The minimum absolute atomic E-state index is 0.0169. The van der Waals surface area contributed by atoms with Crippen LogP contribution in [0.5, 0.6) is 0 Å². The van der Waals surface area contributed by atoms with Crippen molar-refractivity contribution in [2.45, 2.75) is 31.1 Å². The van der Waals surface area contributed by atoms with Crippen molar-refractivity contribution in [3.05, 3.63) is 42.2 Å². The summed E-state index contributed by atoms with van der Waals surface area (Å²) in [4.78, 5) is 16.2. The Morgan fingerprint density at radius 2 is 2.03 bits per heavy atom. The summed E-state index contributed by atoms with van der Waals surface area (Å²) in [5.41, 5.74) is -0.620. The largest absolute Gasteiger partial charge is 0.416 e. The highest BCUT2D eigenvalue weighted by Crippen LogP contribution is 2.33. The number of rotatable bonds is 6. The first-order valence-corrected chi connectivity index (χ1v) is 9.53. The monoisotopic (exact) mass is 425 g/mol. The summed E-state index contributed by atoms with van der Waals surface area (Å²) in [6.45, 7) is 3.95. The molecule has 0 saturated carbocycles.